The molecule has 3 N–H and O–H groups in total. The smallest absolute Gasteiger partial charge is 0.342 e. The van der Waals surface area contributed by atoms with Crippen LogP contribution in [0.15, 0.2) is 48.5 Å². The van der Waals surface area contributed by atoms with Crippen molar-refractivity contribution in [1.82, 2.24) is 15.1 Å². The van der Waals surface area contributed by atoms with Gasteiger partial charge >= 0.3 is 6.03 Å². The van der Waals surface area contributed by atoms with Gasteiger partial charge in [0.2, 0.25) is 5.91 Å². The average molecular weight is 431 g/mol. The van der Waals surface area contributed by atoms with Crippen LogP contribution in [0.3, 0.4) is 0 Å². The van der Waals surface area contributed by atoms with Gasteiger partial charge in [-0.25, -0.2) is 4.79 Å². The Morgan fingerprint density at radius 1 is 1.09 bits per heavy atom. The molecular weight excluding hydrogens is 404 g/mol. The number of aryl methyl sites for hydroxylation is 1. The van der Waals surface area contributed by atoms with Gasteiger partial charge in [0.05, 0.1) is 11.4 Å². The maximum atomic E-state index is 12.9. The summed E-state index contributed by atoms with van der Waals surface area (Å²) in [5.74, 6) is 0.439. The number of phenolic OH excluding ortho intramolecular Hbond substituents is 1. The van der Waals surface area contributed by atoms with Crippen molar-refractivity contribution in [2.75, 3.05) is 5.32 Å². The lowest BCUT2D eigenvalue weighted by atomic mass is 10.1. The molecule has 0 aliphatic heterocycles. The van der Waals surface area contributed by atoms with E-state index in [2.05, 4.69) is 15.7 Å². The number of nitrogens with zero attached hydrogens (tertiary/aromatic N) is 2. The zero-order chi connectivity index (χ0) is 22.2. The molecule has 2 aliphatic carbocycles. The standard InChI is InChI=1S/C25H26N4O3/c1-15-3-2-4-16(11-15)14-26-25(32)29-22(17-5-6-17)13-21(28-29)20-12-19(9-10-23(20)30)27-24(31)18-7-8-18/h2-4,9-13,17-18,30H,5-8,14H2,1H3,(H,26,32)(H,27,31). The quantitative estimate of drug-likeness (QED) is 0.500. The third kappa shape index (κ3) is 4.37. The summed E-state index contributed by atoms with van der Waals surface area (Å²) in [5.41, 5.74) is 4.62. The van der Waals surface area contributed by atoms with Crippen molar-refractivity contribution in [2.24, 2.45) is 5.92 Å². The Balaban J connectivity index is 1.39. The fraction of sp³-hybridized carbons (Fsp3) is 0.320. The molecule has 3 aromatic rings. The van der Waals surface area contributed by atoms with Crippen LogP contribution in [0.1, 0.15) is 48.4 Å². The molecule has 32 heavy (non-hydrogen) atoms. The number of rotatable bonds is 6. The Kier molecular flexibility index (Phi) is 5.17. The van der Waals surface area contributed by atoms with Crippen molar-refractivity contribution < 1.29 is 14.7 Å². The molecule has 0 bridgehead atoms. The molecule has 0 radical (unpaired) electrons. The van der Waals surface area contributed by atoms with Gasteiger partial charge < -0.3 is 15.7 Å². The molecular formula is C25H26N4O3. The van der Waals surface area contributed by atoms with Crippen LogP contribution in [0, 0.1) is 12.8 Å². The predicted octanol–water partition coefficient (Wildman–Crippen LogP) is 4.55. The Morgan fingerprint density at radius 2 is 1.91 bits per heavy atom. The fourth-order valence-electron chi connectivity index (χ4n) is 3.84. The van der Waals surface area contributed by atoms with Gasteiger partial charge in [-0.05, 0) is 62.4 Å². The number of carbonyl (C=O) groups excluding carboxylic acids is 2. The Labute approximate surface area is 186 Å². The number of amides is 2. The lowest BCUT2D eigenvalue weighted by Gasteiger charge is -2.09. The van der Waals surface area contributed by atoms with Gasteiger partial charge in [-0.15, -0.1) is 0 Å². The lowest BCUT2D eigenvalue weighted by molar-refractivity contribution is -0.117. The van der Waals surface area contributed by atoms with Gasteiger partial charge in [0.1, 0.15) is 5.75 Å². The van der Waals surface area contributed by atoms with Crippen molar-refractivity contribution >= 4 is 17.6 Å². The summed E-state index contributed by atoms with van der Waals surface area (Å²) in [4.78, 5) is 25.1. The minimum Gasteiger partial charge on any atom is -0.507 e. The second-order valence-electron chi connectivity index (χ2n) is 8.78. The first-order valence-electron chi connectivity index (χ1n) is 11.1. The highest BCUT2D eigenvalue weighted by Gasteiger charge is 2.31. The van der Waals surface area contributed by atoms with E-state index in [-0.39, 0.29) is 23.6 Å². The molecule has 0 unspecified atom stereocenters. The van der Waals surface area contributed by atoms with E-state index in [1.165, 1.54) is 4.68 Å². The van der Waals surface area contributed by atoms with E-state index in [9.17, 15) is 14.7 Å². The summed E-state index contributed by atoms with van der Waals surface area (Å²) in [7, 11) is 0. The van der Waals surface area contributed by atoms with E-state index in [0.29, 0.717) is 29.4 Å². The normalized spacial score (nSPS) is 15.4. The summed E-state index contributed by atoms with van der Waals surface area (Å²) in [6, 6.07) is 14.5. The highest BCUT2D eigenvalue weighted by atomic mass is 16.3. The monoisotopic (exact) mass is 430 g/mol. The molecule has 2 aromatic carbocycles. The molecule has 2 saturated carbocycles. The summed E-state index contributed by atoms with van der Waals surface area (Å²) in [6.07, 6.45) is 3.87. The maximum absolute atomic E-state index is 12.9. The third-order valence-corrected chi connectivity index (χ3v) is 5.94. The summed E-state index contributed by atoms with van der Waals surface area (Å²) in [5, 5.41) is 20.8. The average Bonchev–Trinajstić information content (AvgIpc) is 3.71. The second-order valence-corrected chi connectivity index (χ2v) is 8.78. The first-order chi connectivity index (χ1) is 15.5. The van der Waals surface area contributed by atoms with Crippen LogP contribution in [-0.4, -0.2) is 26.8 Å². The zero-order valence-electron chi connectivity index (χ0n) is 18.0. The molecule has 7 heteroatoms. The molecule has 164 valence electrons. The van der Waals surface area contributed by atoms with Crippen molar-refractivity contribution in [2.45, 2.75) is 45.1 Å². The minimum atomic E-state index is -0.294. The number of hydrogen-bond donors (Lipinski definition) is 3. The van der Waals surface area contributed by atoms with Gasteiger partial charge in [0, 0.05) is 29.6 Å². The molecule has 0 spiro atoms. The number of phenols is 1. The first kappa shape index (κ1) is 20.3. The van der Waals surface area contributed by atoms with Crippen LogP contribution in [0.2, 0.25) is 0 Å². The van der Waals surface area contributed by atoms with E-state index in [0.717, 1.165) is 42.5 Å². The topological polar surface area (TPSA) is 96.3 Å². The van der Waals surface area contributed by atoms with Crippen LogP contribution >= 0.6 is 0 Å². The Hall–Kier alpha value is -3.61. The van der Waals surface area contributed by atoms with Gasteiger partial charge in [-0.1, -0.05) is 29.8 Å². The van der Waals surface area contributed by atoms with Gasteiger partial charge in [-0.2, -0.15) is 9.78 Å². The van der Waals surface area contributed by atoms with Crippen LogP contribution in [0.5, 0.6) is 5.75 Å². The van der Waals surface area contributed by atoms with Crippen molar-refractivity contribution in [3.63, 3.8) is 0 Å². The number of anilines is 1. The zero-order valence-corrected chi connectivity index (χ0v) is 18.0. The highest BCUT2D eigenvalue weighted by molar-refractivity contribution is 5.95. The molecule has 1 aromatic heterocycles. The van der Waals surface area contributed by atoms with E-state index in [1.807, 2.05) is 37.3 Å². The lowest BCUT2D eigenvalue weighted by Crippen LogP contribution is -2.30. The number of nitrogens with one attached hydrogen (secondary N) is 2. The van der Waals surface area contributed by atoms with Crippen LogP contribution < -0.4 is 10.6 Å². The molecule has 2 amide bonds. The maximum Gasteiger partial charge on any atom is 0.342 e. The molecule has 1 heterocycles. The molecule has 7 nitrogen and oxygen atoms in total. The number of hydrogen-bond acceptors (Lipinski definition) is 4. The molecule has 2 fully saturated rings. The van der Waals surface area contributed by atoms with Crippen LogP contribution in [0.4, 0.5) is 10.5 Å². The van der Waals surface area contributed by atoms with Crippen molar-refractivity contribution in [3.8, 4) is 17.0 Å². The number of aromatic hydroxyl groups is 1. The molecule has 0 atom stereocenters. The van der Waals surface area contributed by atoms with Crippen LogP contribution in [-0.2, 0) is 11.3 Å². The van der Waals surface area contributed by atoms with E-state index < -0.39 is 0 Å². The SMILES string of the molecule is Cc1cccc(CNC(=O)n2nc(-c3cc(NC(=O)C4CC4)ccc3O)cc2C2CC2)c1. The van der Waals surface area contributed by atoms with Crippen molar-refractivity contribution in [1.29, 1.82) is 0 Å². The minimum absolute atomic E-state index is 0.00126. The predicted molar refractivity (Wildman–Crippen MR) is 121 cm³/mol. The second kappa shape index (κ2) is 8.15. The van der Waals surface area contributed by atoms with Crippen LogP contribution in [0.25, 0.3) is 11.3 Å². The Bertz CT molecular complexity index is 1190. The summed E-state index contributed by atoms with van der Waals surface area (Å²) >= 11 is 0. The van der Waals surface area contributed by atoms with E-state index in [4.69, 9.17) is 0 Å². The molecule has 5 rings (SSSR count). The van der Waals surface area contributed by atoms with Gasteiger partial charge in [0.15, 0.2) is 0 Å². The summed E-state index contributed by atoms with van der Waals surface area (Å²) in [6.45, 7) is 2.43. The fourth-order valence-corrected chi connectivity index (χ4v) is 3.84. The number of aromatic nitrogens is 2. The molecule has 2 aliphatic rings. The highest BCUT2D eigenvalue weighted by Crippen LogP contribution is 2.42. The van der Waals surface area contributed by atoms with Crippen molar-refractivity contribution in [3.05, 3.63) is 65.4 Å². The third-order valence-electron chi connectivity index (χ3n) is 5.94. The largest absolute Gasteiger partial charge is 0.507 e. The van der Waals surface area contributed by atoms with E-state index >= 15 is 0 Å². The Morgan fingerprint density at radius 3 is 2.62 bits per heavy atom. The molecule has 0 saturated heterocycles. The number of benzene rings is 2. The van der Waals surface area contributed by atoms with E-state index in [1.54, 1.807) is 18.2 Å². The van der Waals surface area contributed by atoms with Gasteiger partial charge in [-0.3, -0.25) is 4.79 Å². The van der Waals surface area contributed by atoms with Gasteiger partial charge in [0.25, 0.3) is 0 Å². The number of carbonyl (C=O) groups is 2. The summed E-state index contributed by atoms with van der Waals surface area (Å²) < 4.78 is 1.41. The first-order valence-corrected chi connectivity index (χ1v) is 11.1.